The number of halogens is 1. The fraction of sp³-hybridized carbons (Fsp3) is 0.176. The van der Waals surface area contributed by atoms with Crippen LogP contribution in [0.4, 0.5) is 10.2 Å². The number of benzene rings is 2. The van der Waals surface area contributed by atoms with E-state index in [2.05, 4.69) is 15.3 Å². The molecule has 0 saturated heterocycles. The van der Waals surface area contributed by atoms with Crippen molar-refractivity contribution in [2.45, 2.75) is 13.8 Å². The van der Waals surface area contributed by atoms with Crippen molar-refractivity contribution in [3.63, 3.8) is 0 Å². The first-order valence-corrected chi connectivity index (χ1v) is 6.82. The summed E-state index contributed by atoms with van der Waals surface area (Å²) in [6.45, 7) is 3.96. The SMILES string of the molecule is CNc1nc(-c2cc(F)ccc2C)nc2cccc(C)c12. The Morgan fingerprint density at radius 2 is 1.81 bits per heavy atom. The zero-order chi connectivity index (χ0) is 15.0. The Hall–Kier alpha value is -2.49. The van der Waals surface area contributed by atoms with Gasteiger partial charge in [0.15, 0.2) is 5.82 Å². The minimum atomic E-state index is -0.283. The molecule has 21 heavy (non-hydrogen) atoms. The Morgan fingerprint density at radius 3 is 2.57 bits per heavy atom. The van der Waals surface area contributed by atoms with Gasteiger partial charge in [-0.3, -0.25) is 0 Å². The molecule has 0 atom stereocenters. The third-order valence-electron chi connectivity index (χ3n) is 3.61. The third-order valence-corrected chi connectivity index (χ3v) is 3.61. The van der Waals surface area contributed by atoms with Crippen molar-refractivity contribution in [3.8, 4) is 11.4 Å². The number of hydrogen-bond acceptors (Lipinski definition) is 3. The number of aryl methyl sites for hydroxylation is 2. The summed E-state index contributed by atoms with van der Waals surface area (Å²) in [4.78, 5) is 9.16. The van der Waals surface area contributed by atoms with Gasteiger partial charge in [-0.25, -0.2) is 14.4 Å². The second-order valence-electron chi connectivity index (χ2n) is 5.07. The molecular weight excluding hydrogens is 265 g/mol. The fourth-order valence-corrected chi connectivity index (χ4v) is 2.49. The molecule has 1 aromatic heterocycles. The first-order valence-electron chi connectivity index (χ1n) is 6.82. The van der Waals surface area contributed by atoms with Crippen LogP contribution < -0.4 is 5.32 Å². The average molecular weight is 281 g/mol. The molecule has 106 valence electrons. The minimum absolute atomic E-state index is 0.283. The van der Waals surface area contributed by atoms with E-state index in [4.69, 9.17) is 0 Å². The Labute approximate surface area is 122 Å². The van der Waals surface area contributed by atoms with E-state index in [0.717, 1.165) is 33.4 Å². The van der Waals surface area contributed by atoms with Crippen molar-refractivity contribution in [3.05, 3.63) is 53.3 Å². The van der Waals surface area contributed by atoms with E-state index in [1.807, 2.05) is 39.1 Å². The van der Waals surface area contributed by atoms with Crippen LogP contribution in [-0.4, -0.2) is 17.0 Å². The van der Waals surface area contributed by atoms with Crippen LogP contribution in [-0.2, 0) is 0 Å². The Kier molecular flexibility index (Phi) is 3.29. The van der Waals surface area contributed by atoms with Gasteiger partial charge in [0.25, 0.3) is 0 Å². The summed E-state index contributed by atoms with van der Waals surface area (Å²) in [7, 11) is 1.83. The summed E-state index contributed by atoms with van der Waals surface area (Å²) in [5.74, 6) is 1.01. The van der Waals surface area contributed by atoms with Crippen molar-refractivity contribution in [1.82, 2.24) is 9.97 Å². The molecule has 3 rings (SSSR count). The molecule has 1 N–H and O–H groups in total. The van der Waals surface area contributed by atoms with Crippen molar-refractivity contribution < 1.29 is 4.39 Å². The van der Waals surface area contributed by atoms with Crippen LogP contribution in [0.2, 0.25) is 0 Å². The number of aromatic nitrogens is 2. The summed E-state index contributed by atoms with van der Waals surface area (Å²) < 4.78 is 13.5. The highest BCUT2D eigenvalue weighted by Crippen LogP contribution is 2.28. The predicted molar refractivity (Wildman–Crippen MR) is 84.0 cm³/mol. The lowest BCUT2D eigenvalue weighted by molar-refractivity contribution is 0.628. The van der Waals surface area contributed by atoms with Crippen molar-refractivity contribution in [2.24, 2.45) is 0 Å². The van der Waals surface area contributed by atoms with Gasteiger partial charge in [-0.1, -0.05) is 18.2 Å². The molecule has 0 amide bonds. The maximum absolute atomic E-state index is 13.5. The number of nitrogens with one attached hydrogen (secondary N) is 1. The second-order valence-corrected chi connectivity index (χ2v) is 5.07. The number of anilines is 1. The van der Waals surface area contributed by atoms with Gasteiger partial charge >= 0.3 is 0 Å². The molecule has 0 aliphatic rings. The van der Waals surface area contributed by atoms with E-state index in [1.54, 1.807) is 6.07 Å². The Balaban J connectivity index is 2.32. The standard InChI is InChI=1S/C17H16FN3/c1-10-7-8-12(18)9-13(10)16-20-14-6-4-5-11(2)15(14)17(19-3)21-16/h4-9H,1-3H3,(H,19,20,21). The lowest BCUT2D eigenvalue weighted by atomic mass is 10.1. The number of nitrogens with zero attached hydrogens (tertiary/aromatic N) is 2. The van der Waals surface area contributed by atoms with Crippen LogP contribution in [0.15, 0.2) is 36.4 Å². The highest BCUT2D eigenvalue weighted by atomic mass is 19.1. The molecule has 0 bridgehead atoms. The number of hydrogen-bond donors (Lipinski definition) is 1. The zero-order valence-corrected chi connectivity index (χ0v) is 12.2. The number of rotatable bonds is 2. The Morgan fingerprint density at radius 1 is 1.00 bits per heavy atom. The summed E-state index contributed by atoms with van der Waals surface area (Å²) in [5.41, 5.74) is 3.63. The third kappa shape index (κ3) is 2.33. The van der Waals surface area contributed by atoms with Gasteiger partial charge in [0.2, 0.25) is 0 Å². The van der Waals surface area contributed by atoms with E-state index >= 15 is 0 Å². The first-order chi connectivity index (χ1) is 10.1. The fourth-order valence-electron chi connectivity index (χ4n) is 2.49. The van der Waals surface area contributed by atoms with Gasteiger partial charge < -0.3 is 5.32 Å². The molecule has 0 spiro atoms. The van der Waals surface area contributed by atoms with Gasteiger partial charge in [-0.05, 0) is 43.2 Å². The van der Waals surface area contributed by atoms with Crippen molar-refractivity contribution in [1.29, 1.82) is 0 Å². The van der Waals surface area contributed by atoms with E-state index in [-0.39, 0.29) is 5.82 Å². The maximum atomic E-state index is 13.5. The van der Waals surface area contributed by atoms with Crippen LogP contribution >= 0.6 is 0 Å². The Bertz CT molecular complexity index is 828. The molecule has 1 heterocycles. The van der Waals surface area contributed by atoms with Gasteiger partial charge in [-0.15, -0.1) is 0 Å². The van der Waals surface area contributed by atoms with Gasteiger partial charge in [-0.2, -0.15) is 0 Å². The van der Waals surface area contributed by atoms with Gasteiger partial charge in [0.1, 0.15) is 11.6 Å². The highest BCUT2D eigenvalue weighted by Gasteiger charge is 2.12. The summed E-state index contributed by atoms with van der Waals surface area (Å²) in [6.07, 6.45) is 0. The van der Waals surface area contributed by atoms with Crippen LogP contribution in [0.5, 0.6) is 0 Å². The van der Waals surface area contributed by atoms with Crippen LogP contribution in [0, 0.1) is 19.7 Å². The zero-order valence-electron chi connectivity index (χ0n) is 12.2. The van der Waals surface area contributed by atoms with E-state index in [0.29, 0.717) is 5.82 Å². The monoisotopic (exact) mass is 281 g/mol. The lowest BCUT2D eigenvalue weighted by Crippen LogP contribution is -2.01. The smallest absolute Gasteiger partial charge is 0.162 e. The summed E-state index contributed by atoms with van der Waals surface area (Å²) in [5, 5.41) is 4.11. The molecule has 0 unspecified atom stereocenters. The van der Waals surface area contributed by atoms with Crippen molar-refractivity contribution >= 4 is 16.7 Å². The quantitative estimate of drug-likeness (QED) is 0.768. The molecule has 4 heteroatoms. The van der Waals surface area contributed by atoms with Crippen LogP contribution in [0.25, 0.3) is 22.3 Å². The normalized spacial score (nSPS) is 10.9. The van der Waals surface area contributed by atoms with Crippen molar-refractivity contribution in [2.75, 3.05) is 12.4 Å². The largest absolute Gasteiger partial charge is 0.373 e. The molecule has 2 aromatic carbocycles. The minimum Gasteiger partial charge on any atom is -0.373 e. The maximum Gasteiger partial charge on any atom is 0.162 e. The second kappa shape index (κ2) is 5.13. The predicted octanol–water partition coefficient (Wildman–Crippen LogP) is 4.09. The topological polar surface area (TPSA) is 37.8 Å². The summed E-state index contributed by atoms with van der Waals surface area (Å²) in [6, 6.07) is 10.6. The van der Waals surface area contributed by atoms with E-state index in [9.17, 15) is 4.39 Å². The first kappa shape index (κ1) is 13.5. The molecule has 3 nitrogen and oxygen atoms in total. The van der Waals surface area contributed by atoms with E-state index < -0.39 is 0 Å². The highest BCUT2D eigenvalue weighted by molar-refractivity contribution is 5.93. The molecule has 0 aliphatic carbocycles. The van der Waals surface area contributed by atoms with Gasteiger partial charge in [0.05, 0.1) is 5.52 Å². The molecular formula is C17H16FN3. The molecule has 0 saturated carbocycles. The van der Waals surface area contributed by atoms with Crippen LogP contribution in [0.3, 0.4) is 0 Å². The van der Waals surface area contributed by atoms with Crippen LogP contribution in [0.1, 0.15) is 11.1 Å². The summed E-state index contributed by atoms with van der Waals surface area (Å²) >= 11 is 0. The number of fused-ring (bicyclic) bond motifs is 1. The lowest BCUT2D eigenvalue weighted by Gasteiger charge is -2.11. The van der Waals surface area contributed by atoms with E-state index in [1.165, 1.54) is 12.1 Å². The molecule has 0 radical (unpaired) electrons. The molecule has 3 aromatic rings. The van der Waals surface area contributed by atoms with Gasteiger partial charge in [0, 0.05) is 18.0 Å². The average Bonchev–Trinajstić information content (AvgIpc) is 2.48. The molecule has 0 fully saturated rings. The molecule has 0 aliphatic heterocycles.